The number of aromatic nitrogens is 1. The molecule has 3 rings (SSSR count). The minimum absolute atomic E-state index is 0.417. The van der Waals surface area contributed by atoms with Crippen LogP contribution in [0.1, 0.15) is 5.56 Å². The number of halogens is 1. The molecule has 3 aromatic rings. The zero-order valence-corrected chi connectivity index (χ0v) is 11.0. The lowest BCUT2D eigenvalue weighted by Gasteiger charge is -2.09. The third-order valence-electron chi connectivity index (χ3n) is 2.97. The van der Waals surface area contributed by atoms with Gasteiger partial charge < -0.3 is 4.74 Å². The van der Waals surface area contributed by atoms with Crippen molar-refractivity contribution in [1.29, 1.82) is 0 Å². The van der Waals surface area contributed by atoms with E-state index in [9.17, 15) is 0 Å². The molecule has 0 amide bonds. The lowest BCUT2D eigenvalue weighted by molar-refractivity contribution is 0.309. The van der Waals surface area contributed by atoms with Gasteiger partial charge in [-0.05, 0) is 17.5 Å². The van der Waals surface area contributed by atoms with Crippen LogP contribution in [0.15, 0.2) is 60.8 Å². The van der Waals surface area contributed by atoms with Gasteiger partial charge >= 0.3 is 0 Å². The second-order valence-electron chi connectivity index (χ2n) is 4.22. The average molecular weight is 270 g/mol. The number of ether oxygens (including phenoxy) is 1. The summed E-state index contributed by atoms with van der Waals surface area (Å²) in [4.78, 5) is 4.04. The molecule has 2 aromatic carbocycles. The maximum absolute atomic E-state index is 6.02. The quantitative estimate of drug-likeness (QED) is 0.655. The Kier molecular flexibility index (Phi) is 3.34. The average Bonchev–Trinajstić information content (AvgIpc) is 2.46. The summed E-state index contributed by atoms with van der Waals surface area (Å²) in [6.07, 6.45) is 1.67. The molecule has 0 fully saturated rings. The highest BCUT2D eigenvalue weighted by Crippen LogP contribution is 2.26. The van der Waals surface area contributed by atoms with E-state index in [1.165, 1.54) is 0 Å². The number of fused-ring (bicyclic) bond motifs is 1. The van der Waals surface area contributed by atoms with E-state index in [-0.39, 0.29) is 0 Å². The molecule has 0 radical (unpaired) electrons. The van der Waals surface area contributed by atoms with Crippen LogP contribution >= 0.6 is 11.6 Å². The first-order valence-corrected chi connectivity index (χ1v) is 6.42. The van der Waals surface area contributed by atoms with Gasteiger partial charge in [-0.25, -0.2) is 4.98 Å². The molecular formula is C16H12ClNO. The van der Waals surface area contributed by atoms with E-state index in [0.717, 1.165) is 22.1 Å². The van der Waals surface area contributed by atoms with E-state index in [1.807, 2.05) is 36.4 Å². The zero-order valence-electron chi connectivity index (χ0n) is 10.2. The monoisotopic (exact) mass is 269 g/mol. The molecule has 3 heteroatoms. The second-order valence-corrected chi connectivity index (χ2v) is 4.58. The normalized spacial score (nSPS) is 10.6. The highest BCUT2D eigenvalue weighted by molar-refractivity contribution is 6.30. The van der Waals surface area contributed by atoms with Gasteiger partial charge in [0, 0.05) is 17.1 Å². The first kappa shape index (κ1) is 12.0. The predicted molar refractivity (Wildman–Crippen MR) is 77.5 cm³/mol. The number of hydrogen-bond acceptors (Lipinski definition) is 2. The Hall–Kier alpha value is -2.06. The summed E-state index contributed by atoms with van der Waals surface area (Å²) in [5.74, 6) is 0.859. The van der Waals surface area contributed by atoms with Crippen LogP contribution in [0.4, 0.5) is 0 Å². The molecule has 19 heavy (non-hydrogen) atoms. The highest BCUT2D eigenvalue weighted by Gasteiger charge is 2.04. The maximum atomic E-state index is 6.02. The second kappa shape index (κ2) is 5.29. The zero-order chi connectivity index (χ0) is 13.1. The third kappa shape index (κ3) is 2.54. The van der Waals surface area contributed by atoms with E-state index >= 15 is 0 Å². The van der Waals surface area contributed by atoms with Crippen LogP contribution in [-0.4, -0.2) is 4.98 Å². The van der Waals surface area contributed by atoms with Gasteiger partial charge in [0.25, 0.3) is 0 Å². The Labute approximate surface area is 116 Å². The van der Waals surface area contributed by atoms with Crippen LogP contribution in [0.2, 0.25) is 5.15 Å². The van der Waals surface area contributed by atoms with Crippen LogP contribution in [0.3, 0.4) is 0 Å². The lowest BCUT2D eigenvalue weighted by Crippen LogP contribution is -1.97. The van der Waals surface area contributed by atoms with Crippen LogP contribution in [-0.2, 0) is 6.61 Å². The molecule has 1 heterocycles. The smallest absolute Gasteiger partial charge is 0.135 e. The summed E-state index contributed by atoms with van der Waals surface area (Å²) >= 11 is 6.02. The van der Waals surface area contributed by atoms with E-state index in [0.29, 0.717) is 11.8 Å². The molecule has 94 valence electrons. The van der Waals surface area contributed by atoms with Crippen molar-refractivity contribution in [2.75, 3.05) is 0 Å². The fourth-order valence-corrected chi connectivity index (χ4v) is 2.18. The largest absolute Gasteiger partial charge is 0.488 e. The first-order valence-electron chi connectivity index (χ1n) is 6.04. The summed E-state index contributed by atoms with van der Waals surface area (Å²) < 4.78 is 5.86. The van der Waals surface area contributed by atoms with Crippen molar-refractivity contribution in [3.63, 3.8) is 0 Å². The van der Waals surface area contributed by atoms with Crippen LogP contribution in [0, 0.1) is 0 Å². The van der Waals surface area contributed by atoms with Gasteiger partial charge in [0.05, 0.1) is 0 Å². The summed E-state index contributed by atoms with van der Waals surface area (Å²) in [5, 5.41) is 2.75. The van der Waals surface area contributed by atoms with Gasteiger partial charge in [0.15, 0.2) is 0 Å². The van der Waals surface area contributed by atoms with E-state index in [1.54, 1.807) is 6.20 Å². The SMILES string of the molecule is Clc1ncccc1COc1cccc2ccccc12. The van der Waals surface area contributed by atoms with Gasteiger partial charge in [-0.1, -0.05) is 54.1 Å². The fraction of sp³-hybridized carbons (Fsp3) is 0.0625. The van der Waals surface area contributed by atoms with Crippen molar-refractivity contribution in [1.82, 2.24) is 4.98 Å². The third-order valence-corrected chi connectivity index (χ3v) is 3.31. The molecule has 0 saturated carbocycles. The Morgan fingerprint density at radius 3 is 2.68 bits per heavy atom. The standard InChI is InChI=1S/C16H12ClNO/c17-16-13(7-4-10-18-16)11-19-15-9-3-6-12-5-1-2-8-14(12)15/h1-10H,11H2. The molecule has 0 aliphatic carbocycles. The molecule has 0 spiro atoms. The van der Waals surface area contributed by atoms with Gasteiger partial charge in [0.1, 0.15) is 17.5 Å². The lowest BCUT2D eigenvalue weighted by atomic mass is 10.1. The Morgan fingerprint density at radius 1 is 0.947 bits per heavy atom. The van der Waals surface area contributed by atoms with Crippen molar-refractivity contribution in [2.45, 2.75) is 6.61 Å². The Balaban J connectivity index is 1.88. The molecule has 0 unspecified atom stereocenters. The minimum atomic E-state index is 0.417. The summed E-state index contributed by atoms with van der Waals surface area (Å²) in [6.45, 7) is 0.417. The van der Waals surface area contributed by atoms with E-state index in [2.05, 4.69) is 23.2 Å². The molecule has 2 nitrogen and oxygen atoms in total. The molecule has 0 aliphatic heterocycles. The van der Waals surface area contributed by atoms with E-state index < -0.39 is 0 Å². The van der Waals surface area contributed by atoms with Crippen molar-refractivity contribution in [2.24, 2.45) is 0 Å². The predicted octanol–water partition coefficient (Wildman–Crippen LogP) is 4.47. The topological polar surface area (TPSA) is 22.1 Å². The first-order chi connectivity index (χ1) is 9.34. The van der Waals surface area contributed by atoms with Gasteiger partial charge in [0.2, 0.25) is 0 Å². The molecule has 0 aliphatic rings. The van der Waals surface area contributed by atoms with Crippen LogP contribution in [0.25, 0.3) is 10.8 Å². The Bertz CT molecular complexity index is 706. The molecule has 0 saturated heterocycles. The summed E-state index contributed by atoms with van der Waals surface area (Å²) in [6, 6.07) is 17.9. The molecule has 0 atom stereocenters. The molecule has 1 aromatic heterocycles. The number of pyridine rings is 1. The molecule has 0 bridgehead atoms. The number of hydrogen-bond donors (Lipinski definition) is 0. The summed E-state index contributed by atoms with van der Waals surface area (Å²) in [7, 11) is 0. The minimum Gasteiger partial charge on any atom is -0.488 e. The van der Waals surface area contributed by atoms with Crippen LogP contribution < -0.4 is 4.74 Å². The fourth-order valence-electron chi connectivity index (χ4n) is 2.00. The van der Waals surface area contributed by atoms with Crippen LogP contribution in [0.5, 0.6) is 5.75 Å². The number of benzene rings is 2. The van der Waals surface area contributed by atoms with Gasteiger partial charge in [-0.15, -0.1) is 0 Å². The number of nitrogens with zero attached hydrogens (tertiary/aromatic N) is 1. The number of rotatable bonds is 3. The van der Waals surface area contributed by atoms with Crippen molar-refractivity contribution in [3.05, 3.63) is 71.5 Å². The van der Waals surface area contributed by atoms with Gasteiger partial charge in [-0.3, -0.25) is 0 Å². The molecular weight excluding hydrogens is 258 g/mol. The maximum Gasteiger partial charge on any atom is 0.135 e. The van der Waals surface area contributed by atoms with Gasteiger partial charge in [-0.2, -0.15) is 0 Å². The molecule has 0 N–H and O–H groups in total. The van der Waals surface area contributed by atoms with E-state index in [4.69, 9.17) is 16.3 Å². The summed E-state index contributed by atoms with van der Waals surface area (Å²) in [5.41, 5.74) is 0.886. The highest BCUT2D eigenvalue weighted by atomic mass is 35.5. The van der Waals surface area contributed by atoms with Crippen molar-refractivity contribution in [3.8, 4) is 5.75 Å². The Morgan fingerprint density at radius 2 is 1.79 bits per heavy atom. The van der Waals surface area contributed by atoms with Crippen molar-refractivity contribution >= 4 is 22.4 Å². The van der Waals surface area contributed by atoms with Crippen molar-refractivity contribution < 1.29 is 4.74 Å².